The minimum atomic E-state index is -0.920. The molecule has 1 rings (SSSR count). The summed E-state index contributed by atoms with van der Waals surface area (Å²) < 4.78 is 0. The smallest absolute Gasteiger partial charge is 0.327 e. The monoisotopic (exact) mass is 229 g/mol. The molecule has 0 aromatic carbocycles. The highest BCUT2D eigenvalue weighted by atomic mass is 32.2. The first kappa shape index (κ1) is 12.1. The number of hydrogen-bond donors (Lipinski definition) is 1. The van der Waals surface area contributed by atoms with Crippen LogP contribution >= 0.6 is 11.8 Å². The first-order valence-corrected chi connectivity index (χ1v) is 5.96. The zero-order valence-corrected chi connectivity index (χ0v) is 9.66. The summed E-state index contributed by atoms with van der Waals surface area (Å²) >= 11 is 1.53. The molecule has 1 saturated heterocycles. The Morgan fingerprint density at radius 3 is 2.73 bits per heavy atom. The Bertz CT molecular complexity index is 290. The molecule has 0 bridgehead atoms. The highest BCUT2D eigenvalue weighted by Gasteiger charge is 2.39. The fourth-order valence-corrected chi connectivity index (χ4v) is 2.95. The first-order valence-electron chi connectivity index (χ1n) is 4.91. The van der Waals surface area contributed by atoms with E-state index in [2.05, 4.69) is 0 Å². The highest BCUT2D eigenvalue weighted by Crippen LogP contribution is 2.31. The maximum atomic E-state index is 11.7. The van der Waals surface area contributed by atoms with Gasteiger partial charge in [0.1, 0.15) is 6.04 Å². The van der Waals surface area contributed by atoms with Gasteiger partial charge < -0.3 is 10.0 Å². The lowest BCUT2D eigenvalue weighted by molar-refractivity contribution is -0.147. The lowest BCUT2D eigenvalue weighted by Crippen LogP contribution is -2.44. The summed E-state index contributed by atoms with van der Waals surface area (Å²) in [6.07, 6.45) is 3.83. The fraction of sp³-hybridized carbons (Fsp3) is 0.600. The van der Waals surface area contributed by atoms with Crippen LogP contribution in [-0.4, -0.2) is 39.1 Å². The van der Waals surface area contributed by atoms with Gasteiger partial charge in [0, 0.05) is 5.75 Å². The van der Waals surface area contributed by atoms with Gasteiger partial charge >= 0.3 is 5.97 Å². The van der Waals surface area contributed by atoms with Gasteiger partial charge in [-0.3, -0.25) is 4.79 Å². The van der Waals surface area contributed by atoms with E-state index in [4.69, 9.17) is 5.11 Å². The number of thioether (sulfide) groups is 1. The maximum absolute atomic E-state index is 11.7. The van der Waals surface area contributed by atoms with Crippen LogP contribution in [0.2, 0.25) is 0 Å². The number of rotatable bonds is 3. The van der Waals surface area contributed by atoms with Crippen molar-refractivity contribution < 1.29 is 14.7 Å². The predicted molar refractivity (Wildman–Crippen MR) is 59.6 cm³/mol. The molecule has 5 heteroatoms. The summed E-state index contributed by atoms with van der Waals surface area (Å²) in [5.74, 6) is -0.644. The molecule has 1 aliphatic rings. The molecule has 1 amide bonds. The molecule has 84 valence electrons. The second-order valence-corrected chi connectivity index (χ2v) is 4.51. The summed E-state index contributed by atoms with van der Waals surface area (Å²) in [7, 11) is 0. The Morgan fingerprint density at radius 1 is 1.60 bits per heavy atom. The van der Waals surface area contributed by atoms with Gasteiger partial charge in [0.2, 0.25) is 5.91 Å². The topological polar surface area (TPSA) is 57.6 Å². The van der Waals surface area contributed by atoms with Gasteiger partial charge in [-0.2, -0.15) is 0 Å². The predicted octanol–water partition coefficient (Wildman–Crippen LogP) is 1.33. The zero-order chi connectivity index (χ0) is 11.4. The SMILES string of the molecule is CC=CC(=O)N1C(CC)SCC1C(=O)O. The minimum absolute atomic E-state index is 0.00481. The maximum Gasteiger partial charge on any atom is 0.327 e. The van der Waals surface area contributed by atoms with Gasteiger partial charge in [-0.05, 0) is 19.4 Å². The van der Waals surface area contributed by atoms with Crippen LogP contribution in [0.3, 0.4) is 0 Å². The number of hydrogen-bond acceptors (Lipinski definition) is 3. The molecule has 1 aliphatic heterocycles. The van der Waals surface area contributed by atoms with E-state index in [1.165, 1.54) is 22.7 Å². The average Bonchev–Trinajstić information content (AvgIpc) is 2.61. The van der Waals surface area contributed by atoms with Crippen molar-refractivity contribution in [3.8, 4) is 0 Å². The van der Waals surface area contributed by atoms with Crippen molar-refractivity contribution in [1.82, 2.24) is 4.90 Å². The normalized spacial score (nSPS) is 26.1. The number of amides is 1. The Hall–Kier alpha value is -0.970. The number of aliphatic carboxylic acids is 1. The van der Waals surface area contributed by atoms with E-state index in [0.717, 1.165) is 6.42 Å². The van der Waals surface area contributed by atoms with Crippen molar-refractivity contribution in [2.24, 2.45) is 0 Å². The van der Waals surface area contributed by atoms with Gasteiger partial charge in [0.15, 0.2) is 0 Å². The Kier molecular flexibility index (Phi) is 4.20. The number of carbonyl (C=O) groups is 2. The molecule has 2 unspecified atom stereocenters. The molecule has 0 saturated carbocycles. The third-order valence-corrected chi connectivity index (χ3v) is 3.74. The van der Waals surface area contributed by atoms with Gasteiger partial charge in [-0.15, -0.1) is 11.8 Å². The quantitative estimate of drug-likeness (QED) is 0.742. The summed E-state index contributed by atoms with van der Waals surface area (Å²) in [5.41, 5.74) is 0. The molecule has 15 heavy (non-hydrogen) atoms. The molecule has 1 heterocycles. The highest BCUT2D eigenvalue weighted by molar-refractivity contribution is 8.00. The van der Waals surface area contributed by atoms with Crippen molar-refractivity contribution >= 4 is 23.6 Å². The molecule has 2 atom stereocenters. The molecule has 4 nitrogen and oxygen atoms in total. The van der Waals surface area contributed by atoms with Gasteiger partial charge in [0.05, 0.1) is 5.37 Å². The molecule has 0 aliphatic carbocycles. The third kappa shape index (κ3) is 2.53. The van der Waals surface area contributed by atoms with Crippen molar-refractivity contribution in [3.05, 3.63) is 12.2 Å². The lowest BCUT2D eigenvalue weighted by Gasteiger charge is -2.25. The largest absolute Gasteiger partial charge is 0.480 e. The van der Waals surface area contributed by atoms with E-state index in [9.17, 15) is 9.59 Å². The molecular formula is C10H15NO3S. The average molecular weight is 229 g/mol. The Morgan fingerprint density at radius 2 is 2.27 bits per heavy atom. The number of nitrogens with zero attached hydrogens (tertiary/aromatic N) is 1. The Balaban J connectivity index is 2.85. The number of carbonyl (C=O) groups excluding carboxylic acids is 1. The summed E-state index contributed by atoms with van der Waals surface area (Å²) in [5, 5.41) is 8.98. The van der Waals surface area contributed by atoms with Gasteiger partial charge in [0.25, 0.3) is 0 Å². The molecular weight excluding hydrogens is 214 g/mol. The fourth-order valence-electron chi connectivity index (χ4n) is 1.59. The number of carboxylic acid groups (broad SMARTS) is 1. The molecule has 1 fully saturated rings. The summed E-state index contributed by atoms with van der Waals surface area (Å²) in [4.78, 5) is 24.1. The number of allylic oxidation sites excluding steroid dienone is 1. The third-order valence-electron chi connectivity index (χ3n) is 2.29. The van der Waals surface area contributed by atoms with Crippen LogP contribution in [-0.2, 0) is 9.59 Å². The molecule has 0 spiro atoms. The standard InChI is InChI=1S/C10H15NO3S/c1-3-5-8(12)11-7(10(13)14)6-15-9(11)4-2/h3,5,7,9H,4,6H2,1-2H3,(H,13,14). The molecule has 0 aromatic heterocycles. The van der Waals surface area contributed by atoms with Crippen LogP contribution in [0, 0.1) is 0 Å². The van der Waals surface area contributed by atoms with E-state index < -0.39 is 12.0 Å². The second-order valence-electron chi connectivity index (χ2n) is 3.30. The Labute approximate surface area is 93.3 Å². The van der Waals surface area contributed by atoms with Crippen LogP contribution in [0.1, 0.15) is 20.3 Å². The van der Waals surface area contributed by atoms with Crippen LogP contribution in [0.25, 0.3) is 0 Å². The van der Waals surface area contributed by atoms with Crippen LogP contribution in [0.15, 0.2) is 12.2 Å². The van der Waals surface area contributed by atoms with E-state index in [1.54, 1.807) is 13.0 Å². The van der Waals surface area contributed by atoms with E-state index in [1.807, 2.05) is 6.92 Å². The molecule has 0 aromatic rings. The first-order chi connectivity index (χ1) is 7.11. The second kappa shape index (κ2) is 5.21. The molecule has 1 N–H and O–H groups in total. The van der Waals surface area contributed by atoms with Crippen LogP contribution < -0.4 is 0 Å². The lowest BCUT2D eigenvalue weighted by atomic mass is 10.2. The van der Waals surface area contributed by atoms with E-state index in [-0.39, 0.29) is 11.3 Å². The van der Waals surface area contributed by atoms with Crippen molar-refractivity contribution in [2.75, 3.05) is 5.75 Å². The van der Waals surface area contributed by atoms with Gasteiger partial charge in [-0.1, -0.05) is 13.0 Å². The summed E-state index contributed by atoms with van der Waals surface area (Å²) in [6.45, 7) is 3.70. The minimum Gasteiger partial charge on any atom is -0.480 e. The van der Waals surface area contributed by atoms with Crippen molar-refractivity contribution in [2.45, 2.75) is 31.7 Å². The van der Waals surface area contributed by atoms with Crippen LogP contribution in [0.4, 0.5) is 0 Å². The molecule has 0 radical (unpaired) electrons. The van der Waals surface area contributed by atoms with Crippen molar-refractivity contribution in [3.63, 3.8) is 0 Å². The van der Waals surface area contributed by atoms with Gasteiger partial charge in [-0.25, -0.2) is 4.79 Å². The van der Waals surface area contributed by atoms with E-state index >= 15 is 0 Å². The summed E-state index contributed by atoms with van der Waals surface area (Å²) in [6, 6.07) is -0.677. The zero-order valence-electron chi connectivity index (χ0n) is 8.84. The van der Waals surface area contributed by atoms with Crippen molar-refractivity contribution in [1.29, 1.82) is 0 Å². The van der Waals surface area contributed by atoms with E-state index in [0.29, 0.717) is 5.75 Å². The van der Waals surface area contributed by atoms with Crippen LogP contribution in [0.5, 0.6) is 0 Å². The number of carboxylic acids is 1.